The smallest absolute Gasteiger partial charge is 0.332 e. The van der Waals surface area contributed by atoms with Gasteiger partial charge in [-0.25, -0.2) is 4.79 Å². The first kappa shape index (κ1) is 18.9. The van der Waals surface area contributed by atoms with Gasteiger partial charge in [-0.2, -0.15) is 0 Å². The van der Waals surface area contributed by atoms with E-state index in [1.54, 1.807) is 31.3 Å². The molecule has 0 amide bonds. The molecule has 0 bridgehead atoms. The van der Waals surface area contributed by atoms with E-state index in [4.69, 9.17) is 4.74 Å². The van der Waals surface area contributed by atoms with Crippen LogP contribution in [0.1, 0.15) is 33.0 Å². The molecule has 3 aromatic rings. The number of Topliss-reactive ketones (excluding diaryl/α,β-unsaturated/α-hetero) is 1. The van der Waals surface area contributed by atoms with Gasteiger partial charge >= 0.3 is 5.69 Å². The molecule has 0 saturated heterocycles. The summed E-state index contributed by atoms with van der Waals surface area (Å²) in [6.45, 7) is 0. The molecule has 2 N–H and O–H groups in total. The van der Waals surface area contributed by atoms with Gasteiger partial charge in [0.1, 0.15) is 5.82 Å². The molecule has 1 atom stereocenters. The Morgan fingerprint density at radius 3 is 2.39 bits per heavy atom. The minimum absolute atomic E-state index is 0.105. The van der Waals surface area contributed by atoms with Crippen LogP contribution in [-0.2, 0) is 14.1 Å². The molecular formula is C23H19N3O5. The van der Waals surface area contributed by atoms with Gasteiger partial charge in [0.05, 0.1) is 18.4 Å². The Morgan fingerprint density at radius 1 is 1.00 bits per heavy atom. The zero-order valence-electron chi connectivity index (χ0n) is 17.1. The van der Waals surface area contributed by atoms with Crippen molar-refractivity contribution >= 4 is 17.3 Å². The van der Waals surface area contributed by atoms with Crippen molar-refractivity contribution in [1.29, 1.82) is 0 Å². The second kappa shape index (κ2) is 6.46. The maximum absolute atomic E-state index is 13.4. The first-order valence-electron chi connectivity index (χ1n) is 9.67. The van der Waals surface area contributed by atoms with Crippen LogP contribution in [0.3, 0.4) is 0 Å². The molecule has 2 aliphatic rings. The normalized spacial score (nSPS) is 16.5. The number of rotatable bonds is 2. The molecule has 5 rings (SSSR count). The molecule has 8 heteroatoms. The summed E-state index contributed by atoms with van der Waals surface area (Å²) in [5.41, 5.74) is 2.06. The molecule has 1 unspecified atom stereocenters. The van der Waals surface area contributed by atoms with Crippen molar-refractivity contribution in [2.75, 3.05) is 12.4 Å². The summed E-state index contributed by atoms with van der Waals surface area (Å²) in [5, 5.41) is 13.6. The Balaban J connectivity index is 1.87. The van der Waals surface area contributed by atoms with Gasteiger partial charge in [-0.05, 0) is 17.7 Å². The number of methoxy groups -OCH3 is 1. The van der Waals surface area contributed by atoms with Crippen molar-refractivity contribution in [1.82, 2.24) is 9.13 Å². The average molecular weight is 417 g/mol. The van der Waals surface area contributed by atoms with E-state index in [2.05, 4.69) is 5.32 Å². The Bertz CT molecular complexity index is 1440. The second-order valence-corrected chi connectivity index (χ2v) is 7.62. The standard InChI is InChI=1S/C23H19N3O5/c1-25-21-18(22(29)26(2)23(25)30)16(11-8-9-15(31-3)14(27)10-11)17-19(24-21)12-6-4-5-7-13(12)20(17)28/h4-10,16,24,27H,1-3H3. The van der Waals surface area contributed by atoms with Crippen molar-refractivity contribution in [3.8, 4) is 11.5 Å². The van der Waals surface area contributed by atoms with Crippen molar-refractivity contribution < 1.29 is 14.6 Å². The lowest BCUT2D eigenvalue weighted by molar-refractivity contribution is 0.103. The molecule has 156 valence electrons. The van der Waals surface area contributed by atoms with E-state index < -0.39 is 17.2 Å². The number of hydrogen-bond acceptors (Lipinski definition) is 6. The first-order chi connectivity index (χ1) is 14.8. The van der Waals surface area contributed by atoms with Crippen molar-refractivity contribution in [3.05, 3.63) is 91.1 Å². The van der Waals surface area contributed by atoms with Crippen LogP contribution < -0.4 is 21.3 Å². The molecule has 1 aliphatic carbocycles. The van der Waals surface area contributed by atoms with Crippen LogP contribution >= 0.6 is 0 Å². The number of anilines is 1. The van der Waals surface area contributed by atoms with E-state index in [-0.39, 0.29) is 22.8 Å². The highest BCUT2D eigenvalue weighted by Crippen LogP contribution is 2.48. The highest BCUT2D eigenvalue weighted by Gasteiger charge is 2.42. The van der Waals surface area contributed by atoms with Crippen LogP contribution in [0, 0.1) is 0 Å². The topological polar surface area (TPSA) is 103 Å². The van der Waals surface area contributed by atoms with Crippen molar-refractivity contribution in [2.24, 2.45) is 14.1 Å². The zero-order chi connectivity index (χ0) is 22.0. The molecule has 1 aromatic heterocycles. The number of aromatic hydroxyl groups is 1. The predicted molar refractivity (Wildman–Crippen MR) is 115 cm³/mol. The number of ketones is 1. The number of phenols is 1. The van der Waals surface area contributed by atoms with Gasteiger partial charge in [0.15, 0.2) is 17.3 Å². The Morgan fingerprint density at radius 2 is 1.71 bits per heavy atom. The van der Waals surface area contributed by atoms with Crippen molar-refractivity contribution in [2.45, 2.75) is 5.92 Å². The van der Waals surface area contributed by atoms with Crippen LogP contribution in [-0.4, -0.2) is 27.1 Å². The SMILES string of the molecule is COc1ccc(C2C3=C(Nc4c2c(=O)n(C)c(=O)n4C)c2ccccc2C3=O)cc1O. The molecule has 0 radical (unpaired) electrons. The highest BCUT2D eigenvalue weighted by atomic mass is 16.5. The Labute approximate surface area is 176 Å². The van der Waals surface area contributed by atoms with Crippen LogP contribution in [0.2, 0.25) is 0 Å². The molecule has 31 heavy (non-hydrogen) atoms. The molecule has 0 spiro atoms. The lowest BCUT2D eigenvalue weighted by atomic mass is 9.81. The monoisotopic (exact) mass is 417 g/mol. The number of hydrogen-bond donors (Lipinski definition) is 2. The van der Waals surface area contributed by atoms with E-state index in [0.29, 0.717) is 33.8 Å². The Hall–Kier alpha value is -4.07. The number of aromatic nitrogens is 2. The minimum Gasteiger partial charge on any atom is -0.504 e. The van der Waals surface area contributed by atoms with E-state index in [1.807, 2.05) is 12.1 Å². The molecule has 2 heterocycles. The molecule has 1 aliphatic heterocycles. The van der Waals surface area contributed by atoms with E-state index in [9.17, 15) is 19.5 Å². The number of phenolic OH excluding ortho intramolecular Hbond substituents is 1. The van der Waals surface area contributed by atoms with Crippen LogP contribution in [0.5, 0.6) is 11.5 Å². The number of allylic oxidation sites excluding steroid dienone is 1. The fourth-order valence-corrected chi connectivity index (χ4v) is 4.48. The number of fused-ring (bicyclic) bond motifs is 3. The third-order valence-corrected chi connectivity index (χ3v) is 6.01. The summed E-state index contributed by atoms with van der Waals surface area (Å²) in [6.07, 6.45) is 0. The van der Waals surface area contributed by atoms with Gasteiger partial charge in [0.25, 0.3) is 5.56 Å². The van der Waals surface area contributed by atoms with E-state index in [1.165, 1.54) is 24.8 Å². The van der Waals surface area contributed by atoms with Gasteiger partial charge < -0.3 is 15.2 Å². The highest BCUT2D eigenvalue weighted by molar-refractivity contribution is 6.23. The number of carbonyl (C=O) groups excluding carboxylic acids is 1. The molecule has 2 aromatic carbocycles. The first-order valence-corrected chi connectivity index (χ1v) is 9.67. The average Bonchev–Trinajstić information content (AvgIpc) is 3.07. The molecule has 0 fully saturated rings. The molecule has 0 saturated carbocycles. The van der Waals surface area contributed by atoms with Gasteiger partial charge in [-0.1, -0.05) is 30.3 Å². The second-order valence-electron chi connectivity index (χ2n) is 7.62. The van der Waals surface area contributed by atoms with Gasteiger partial charge in [0, 0.05) is 36.7 Å². The summed E-state index contributed by atoms with van der Waals surface area (Å²) in [4.78, 5) is 39.2. The van der Waals surface area contributed by atoms with E-state index in [0.717, 1.165) is 4.57 Å². The minimum atomic E-state index is -0.770. The van der Waals surface area contributed by atoms with Gasteiger partial charge in [0.2, 0.25) is 0 Å². The summed E-state index contributed by atoms with van der Waals surface area (Å²) in [5.74, 6) is -0.460. The Kier molecular flexibility index (Phi) is 3.95. The fraction of sp³-hybridized carbons (Fsp3) is 0.174. The fourth-order valence-electron chi connectivity index (χ4n) is 4.48. The van der Waals surface area contributed by atoms with Crippen LogP contribution in [0.4, 0.5) is 5.82 Å². The summed E-state index contributed by atoms with van der Waals surface area (Å²) in [7, 11) is 4.42. The van der Waals surface area contributed by atoms with Gasteiger partial charge in [-0.3, -0.25) is 18.7 Å². The van der Waals surface area contributed by atoms with Crippen LogP contribution in [0.15, 0.2) is 57.6 Å². The maximum atomic E-state index is 13.4. The predicted octanol–water partition coefficient (Wildman–Crippen LogP) is 1.96. The van der Waals surface area contributed by atoms with Crippen molar-refractivity contribution in [3.63, 3.8) is 0 Å². The third-order valence-electron chi connectivity index (χ3n) is 6.01. The summed E-state index contributed by atoms with van der Waals surface area (Å²) < 4.78 is 7.53. The lowest BCUT2D eigenvalue weighted by Gasteiger charge is -2.29. The van der Waals surface area contributed by atoms with Crippen LogP contribution in [0.25, 0.3) is 5.70 Å². The number of ether oxygens (including phenoxy) is 1. The summed E-state index contributed by atoms with van der Waals surface area (Å²) >= 11 is 0. The number of nitrogens with one attached hydrogen (secondary N) is 1. The zero-order valence-corrected chi connectivity index (χ0v) is 17.1. The summed E-state index contributed by atoms with van der Waals surface area (Å²) in [6, 6.07) is 12.0. The number of nitrogens with zero attached hydrogens (tertiary/aromatic N) is 2. The van der Waals surface area contributed by atoms with E-state index >= 15 is 0 Å². The molecular weight excluding hydrogens is 398 g/mol. The quantitative estimate of drug-likeness (QED) is 0.661. The van der Waals surface area contributed by atoms with Gasteiger partial charge in [-0.15, -0.1) is 0 Å². The number of carbonyl (C=O) groups is 1. The third kappa shape index (κ3) is 2.44. The lowest BCUT2D eigenvalue weighted by Crippen LogP contribution is -2.42. The molecule has 8 nitrogen and oxygen atoms in total. The largest absolute Gasteiger partial charge is 0.504 e. The maximum Gasteiger partial charge on any atom is 0.332 e. The number of benzene rings is 2.